The zero-order chi connectivity index (χ0) is 24.3. The first-order valence-corrected chi connectivity index (χ1v) is 11.1. The maximum Gasteiger partial charge on any atom is 0.261 e. The highest BCUT2D eigenvalue weighted by atomic mass is 16.5. The fourth-order valence-electron chi connectivity index (χ4n) is 4.27. The summed E-state index contributed by atoms with van der Waals surface area (Å²) in [6, 6.07) is 3.75. The van der Waals surface area contributed by atoms with Crippen LogP contribution < -0.4 is 26.0 Å². The molecule has 3 heterocycles. The lowest BCUT2D eigenvalue weighted by Crippen LogP contribution is -2.49. The number of aliphatic imine (C=N–C) groups is 1. The molecule has 1 aromatic carbocycles. The van der Waals surface area contributed by atoms with Crippen LogP contribution in [0.25, 0.3) is 0 Å². The number of hydrogen-bond acceptors (Lipinski definition) is 9. The minimum absolute atomic E-state index is 0.0924. The van der Waals surface area contributed by atoms with Crippen molar-refractivity contribution in [3.05, 3.63) is 41.4 Å². The number of nitrogens with zero attached hydrogens (tertiary/aromatic N) is 3. The van der Waals surface area contributed by atoms with Gasteiger partial charge in [0, 0.05) is 62.9 Å². The smallest absolute Gasteiger partial charge is 0.261 e. The standard InChI is InChI=1S/C23H29N7O4/c1-23(14-31)11-15-9-17(28-22(33)16(12-24)21-26-3-2-4-27-21)18(10-19(15)34-23)30-7-5-29(6-8-30)13-20(25)32/h2-4,9-10,12,24,26,31H,5-8,11,13-14H2,1H3,(H2,25,32)(H,28,33)/b21-16-,24-12?/t23-/m0/s1. The quantitative estimate of drug-likeness (QED) is 0.278. The van der Waals surface area contributed by atoms with Gasteiger partial charge in [0.2, 0.25) is 5.91 Å². The number of nitrogens with two attached hydrogens (primary N) is 1. The van der Waals surface area contributed by atoms with E-state index >= 15 is 0 Å². The van der Waals surface area contributed by atoms with E-state index in [1.807, 2.05) is 24.0 Å². The first-order valence-electron chi connectivity index (χ1n) is 11.1. The molecule has 4 rings (SSSR count). The van der Waals surface area contributed by atoms with Gasteiger partial charge in [-0.05, 0) is 19.1 Å². The molecule has 0 radical (unpaired) electrons. The fourth-order valence-corrected chi connectivity index (χ4v) is 4.27. The van der Waals surface area contributed by atoms with Crippen molar-refractivity contribution < 1.29 is 19.4 Å². The van der Waals surface area contributed by atoms with E-state index in [0.29, 0.717) is 44.0 Å². The molecule has 1 aromatic rings. The number of primary amides is 1. The SMILES string of the molecule is C[C@@]1(CO)Cc2cc(NC(=O)/C(C=N)=C3\N=CC=CN3)c(N3CCN(CC(N)=O)CC3)cc2O1. The second-order valence-corrected chi connectivity index (χ2v) is 8.74. The molecule has 180 valence electrons. The molecule has 3 aliphatic heterocycles. The van der Waals surface area contributed by atoms with Gasteiger partial charge in [-0.25, -0.2) is 4.99 Å². The zero-order valence-corrected chi connectivity index (χ0v) is 19.0. The highest BCUT2D eigenvalue weighted by Crippen LogP contribution is 2.42. The van der Waals surface area contributed by atoms with Crippen LogP contribution in [-0.2, 0) is 16.0 Å². The van der Waals surface area contributed by atoms with Crippen LogP contribution in [0.3, 0.4) is 0 Å². The number of rotatable bonds is 7. The first kappa shape index (κ1) is 23.5. The molecular weight excluding hydrogens is 438 g/mol. The van der Waals surface area contributed by atoms with Crippen LogP contribution in [0.15, 0.2) is 40.8 Å². The number of piperazine rings is 1. The summed E-state index contributed by atoms with van der Waals surface area (Å²) < 4.78 is 6.03. The molecule has 0 aromatic heterocycles. The van der Waals surface area contributed by atoms with Crippen LogP contribution in [0.4, 0.5) is 11.4 Å². The summed E-state index contributed by atoms with van der Waals surface area (Å²) >= 11 is 0. The summed E-state index contributed by atoms with van der Waals surface area (Å²) in [6.45, 7) is 4.45. The van der Waals surface area contributed by atoms with E-state index in [9.17, 15) is 14.7 Å². The summed E-state index contributed by atoms with van der Waals surface area (Å²) in [6.07, 6.45) is 6.34. The molecule has 34 heavy (non-hydrogen) atoms. The van der Waals surface area contributed by atoms with Gasteiger partial charge in [-0.1, -0.05) is 0 Å². The number of ether oxygens (including phenoxy) is 1. The largest absolute Gasteiger partial charge is 0.484 e. The van der Waals surface area contributed by atoms with Crippen LogP contribution in [0.1, 0.15) is 12.5 Å². The summed E-state index contributed by atoms with van der Waals surface area (Å²) in [7, 11) is 0. The number of carbonyl (C=O) groups excluding carboxylic acids is 2. The molecule has 0 unspecified atom stereocenters. The highest BCUT2D eigenvalue weighted by Gasteiger charge is 2.36. The third-order valence-corrected chi connectivity index (χ3v) is 6.02. The lowest BCUT2D eigenvalue weighted by molar-refractivity contribution is -0.119. The minimum atomic E-state index is -0.725. The van der Waals surface area contributed by atoms with E-state index in [1.54, 1.807) is 18.5 Å². The molecule has 0 bridgehead atoms. The normalized spacial score (nSPS) is 23.1. The van der Waals surface area contributed by atoms with E-state index < -0.39 is 11.5 Å². The van der Waals surface area contributed by atoms with Crippen molar-refractivity contribution in [1.82, 2.24) is 10.2 Å². The number of allylic oxidation sites excluding steroid dienone is 1. The second kappa shape index (κ2) is 9.65. The Morgan fingerprint density at radius 1 is 1.35 bits per heavy atom. The van der Waals surface area contributed by atoms with Crippen molar-refractivity contribution >= 4 is 35.6 Å². The predicted octanol–water partition coefficient (Wildman–Crippen LogP) is -0.0328. The molecule has 0 aliphatic carbocycles. The first-order chi connectivity index (χ1) is 16.3. The van der Waals surface area contributed by atoms with Gasteiger partial charge in [0.25, 0.3) is 5.91 Å². The van der Waals surface area contributed by atoms with Gasteiger partial charge < -0.3 is 36.5 Å². The molecule has 0 saturated carbocycles. The van der Waals surface area contributed by atoms with E-state index in [0.717, 1.165) is 17.5 Å². The van der Waals surface area contributed by atoms with Crippen molar-refractivity contribution in [2.45, 2.75) is 18.9 Å². The maximum atomic E-state index is 13.1. The molecule has 11 heteroatoms. The molecule has 0 spiro atoms. The Morgan fingerprint density at radius 3 is 2.74 bits per heavy atom. The lowest BCUT2D eigenvalue weighted by atomic mass is 9.99. The van der Waals surface area contributed by atoms with Crippen molar-refractivity contribution in [3.63, 3.8) is 0 Å². The second-order valence-electron chi connectivity index (χ2n) is 8.74. The molecule has 1 fully saturated rings. The Bertz CT molecular complexity index is 1090. The van der Waals surface area contributed by atoms with Crippen LogP contribution in [-0.4, -0.2) is 79.2 Å². The third kappa shape index (κ3) is 4.95. The summed E-state index contributed by atoms with van der Waals surface area (Å²) in [5.41, 5.74) is 6.92. The number of hydrogen-bond donors (Lipinski definition) is 5. The summed E-state index contributed by atoms with van der Waals surface area (Å²) in [4.78, 5) is 32.6. The van der Waals surface area contributed by atoms with E-state index in [4.69, 9.17) is 15.9 Å². The average molecular weight is 468 g/mol. The maximum absolute atomic E-state index is 13.1. The molecular formula is C23H29N7O4. The Morgan fingerprint density at radius 2 is 2.12 bits per heavy atom. The average Bonchev–Trinajstić information content (AvgIpc) is 3.16. The molecule has 6 N–H and O–H groups in total. The Labute approximate surface area is 197 Å². The van der Waals surface area contributed by atoms with Crippen LogP contribution >= 0.6 is 0 Å². The Hall–Kier alpha value is -3.70. The molecule has 2 amide bonds. The lowest BCUT2D eigenvalue weighted by Gasteiger charge is -2.36. The molecule has 1 atom stereocenters. The monoisotopic (exact) mass is 467 g/mol. The predicted molar refractivity (Wildman–Crippen MR) is 129 cm³/mol. The van der Waals surface area contributed by atoms with Crippen LogP contribution in [0, 0.1) is 5.41 Å². The van der Waals surface area contributed by atoms with Gasteiger partial charge in [0.15, 0.2) is 0 Å². The van der Waals surface area contributed by atoms with Crippen molar-refractivity contribution in [1.29, 1.82) is 5.41 Å². The van der Waals surface area contributed by atoms with E-state index in [-0.39, 0.29) is 30.5 Å². The van der Waals surface area contributed by atoms with Gasteiger partial charge in [0.1, 0.15) is 17.2 Å². The number of aliphatic hydroxyl groups is 1. The highest BCUT2D eigenvalue weighted by molar-refractivity contribution is 6.18. The minimum Gasteiger partial charge on any atom is -0.484 e. The number of fused-ring (bicyclic) bond motifs is 1. The van der Waals surface area contributed by atoms with Gasteiger partial charge in [-0.2, -0.15) is 0 Å². The topological polar surface area (TPSA) is 156 Å². The van der Waals surface area contributed by atoms with Gasteiger partial charge >= 0.3 is 0 Å². The van der Waals surface area contributed by atoms with Crippen molar-refractivity contribution in [3.8, 4) is 5.75 Å². The van der Waals surface area contributed by atoms with Gasteiger partial charge in [-0.3, -0.25) is 14.5 Å². The Balaban J connectivity index is 1.63. The van der Waals surface area contributed by atoms with Crippen LogP contribution in [0.2, 0.25) is 0 Å². The number of carbonyl (C=O) groups is 2. The van der Waals surface area contributed by atoms with E-state index in [1.165, 1.54) is 0 Å². The number of aliphatic hydroxyl groups excluding tert-OH is 1. The van der Waals surface area contributed by atoms with Gasteiger partial charge in [-0.15, -0.1) is 0 Å². The Kier molecular flexibility index (Phi) is 6.66. The molecule has 1 saturated heterocycles. The fraction of sp³-hybridized carbons (Fsp3) is 0.391. The van der Waals surface area contributed by atoms with Gasteiger partial charge in [0.05, 0.1) is 30.1 Å². The molecule has 3 aliphatic rings. The third-order valence-electron chi connectivity index (χ3n) is 6.02. The number of benzene rings is 1. The van der Waals surface area contributed by atoms with E-state index in [2.05, 4.69) is 20.5 Å². The molecule has 11 nitrogen and oxygen atoms in total. The number of nitrogens with one attached hydrogen (secondary N) is 3. The van der Waals surface area contributed by atoms with Crippen molar-refractivity contribution in [2.24, 2.45) is 10.7 Å². The summed E-state index contributed by atoms with van der Waals surface area (Å²) in [5.74, 6) is 0.117. The summed E-state index contributed by atoms with van der Waals surface area (Å²) in [5, 5.41) is 23.3. The number of anilines is 2. The number of amides is 2. The zero-order valence-electron chi connectivity index (χ0n) is 19.0. The van der Waals surface area contributed by atoms with Crippen molar-refractivity contribution in [2.75, 3.05) is 49.5 Å². The van der Waals surface area contributed by atoms with Crippen LogP contribution in [0.5, 0.6) is 5.75 Å².